The van der Waals surface area contributed by atoms with Crippen LogP contribution in [0.5, 0.6) is 0 Å². The molecule has 0 radical (unpaired) electrons. The fourth-order valence-electron chi connectivity index (χ4n) is 2.66. The van der Waals surface area contributed by atoms with Crippen LogP contribution in [0.4, 0.5) is 10.7 Å². The highest BCUT2D eigenvalue weighted by molar-refractivity contribution is 7.18. The van der Waals surface area contributed by atoms with E-state index in [4.69, 9.17) is 9.15 Å². The van der Waals surface area contributed by atoms with Crippen LogP contribution < -0.4 is 10.6 Å². The molecule has 0 bridgehead atoms. The van der Waals surface area contributed by atoms with Gasteiger partial charge in [-0.25, -0.2) is 4.79 Å². The summed E-state index contributed by atoms with van der Waals surface area (Å²) in [5.41, 5.74) is 2.44. The number of carbonyl (C=O) groups excluding carboxylic acids is 3. The molecule has 0 aliphatic carbocycles. The molecule has 1 aromatic carbocycles. The molecule has 0 saturated heterocycles. The van der Waals surface area contributed by atoms with Crippen molar-refractivity contribution in [3.05, 3.63) is 70.5 Å². The number of ether oxygens (including phenoxy) is 1. The first-order valence-electron chi connectivity index (χ1n) is 9.43. The van der Waals surface area contributed by atoms with Gasteiger partial charge in [0, 0.05) is 5.69 Å². The zero-order valence-electron chi connectivity index (χ0n) is 16.9. The Hall–Kier alpha value is -3.39. The molecular weight excluding hydrogens is 404 g/mol. The highest BCUT2D eigenvalue weighted by atomic mass is 32.1. The smallest absolute Gasteiger partial charge is 0.349 e. The maximum atomic E-state index is 12.5. The lowest BCUT2D eigenvalue weighted by Gasteiger charge is -2.13. The SMILES string of the molecule is CCc1ccc(NC(=O)C(C)OC(=O)c2sc(NC(=O)c3ccco3)cc2C)cc1. The van der Waals surface area contributed by atoms with Crippen LogP contribution in [0.3, 0.4) is 0 Å². The van der Waals surface area contributed by atoms with Gasteiger partial charge in [-0.05, 0) is 61.7 Å². The molecule has 1 atom stereocenters. The summed E-state index contributed by atoms with van der Waals surface area (Å²) in [6.45, 7) is 5.29. The standard InChI is InChI=1S/C22H22N2O5S/c1-4-15-7-9-16(10-8-15)23-20(25)14(3)29-22(27)19-13(2)12-18(30-19)24-21(26)17-6-5-11-28-17/h5-12,14H,4H2,1-3H3,(H,23,25)(H,24,26). The summed E-state index contributed by atoms with van der Waals surface area (Å²) in [5.74, 6) is -1.29. The van der Waals surface area contributed by atoms with Gasteiger partial charge in [-0.2, -0.15) is 0 Å². The third-order valence-corrected chi connectivity index (χ3v) is 5.50. The van der Waals surface area contributed by atoms with Crippen LogP contribution >= 0.6 is 11.3 Å². The van der Waals surface area contributed by atoms with Gasteiger partial charge in [0.05, 0.1) is 11.3 Å². The van der Waals surface area contributed by atoms with Gasteiger partial charge in [0.25, 0.3) is 11.8 Å². The largest absolute Gasteiger partial charge is 0.459 e. The molecule has 2 N–H and O–H groups in total. The van der Waals surface area contributed by atoms with E-state index < -0.39 is 23.9 Å². The van der Waals surface area contributed by atoms with E-state index in [1.165, 1.54) is 13.2 Å². The normalized spacial score (nSPS) is 11.6. The summed E-state index contributed by atoms with van der Waals surface area (Å²) < 4.78 is 10.4. The third kappa shape index (κ3) is 5.15. The highest BCUT2D eigenvalue weighted by Gasteiger charge is 2.23. The second-order valence-electron chi connectivity index (χ2n) is 6.64. The summed E-state index contributed by atoms with van der Waals surface area (Å²) in [7, 11) is 0. The van der Waals surface area contributed by atoms with Crippen LogP contribution in [0.15, 0.2) is 53.1 Å². The Kier molecular flexibility index (Phi) is 6.68. The van der Waals surface area contributed by atoms with Gasteiger partial charge in [0.1, 0.15) is 4.88 Å². The fraction of sp³-hybridized carbons (Fsp3) is 0.227. The zero-order valence-corrected chi connectivity index (χ0v) is 17.7. The molecule has 7 nitrogen and oxygen atoms in total. The second kappa shape index (κ2) is 9.41. The van der Waals surface area contributed by atoms with Crippen molar-refractivity contribution >= 4 is 39.8 Å². The molecule has 3 aromatic rings. The Bertz CT molecular complexity index is 1040. The Balaban J connectivity index is 1.59. The number of anilines is 2. The van der Waals surface area contributed by atoms with E-state index in [1.54, 1.807) is 25.1 Å². The lowest BCUT2D eigenvalue weighted by Crippen LogP contribution is -2.29. The molecule has 0 fully saturated rings. The minimum absolute atomic E-state index is 0.169. The molecule has 3 rings (SSSR count). The topological polar surface area (TPSA) is 97.6 Å². The number of benzene rings is 1. The van der Waals surface area contributed by atoms with E-state index in [1.807, 2.05) is 24.3 Å². The van der Waals surface area contributed by atoms with Crippen LogP contribution in [0.2, 0.25) is 0 Å². The zero-order chi connectivity index (χ0) is 21.7. The molecule has 1 unspecified atom stereocenters. The Morgan fingerprint density at radius 3 is 2.50 bits per heavy atom. The number of rotatable bonds is 7. The minimum Gasteiger partial charge on any atom is -0.459 e. The summed E-state index contributed by atoms with van der Waals surface area (Å²) >= 11 is 1.08. The summed E-state index contributed by atoms with van der Waals surface area (Å²) in [5, 5.41) is 5.89. The van der Waals surface area contributed by atoms with Crippen molar-refractivity contribution in [3.63, 3.8) is 0 Å². The predicted molar refractivity (Wildman–Crippen MR) is 115 cm³/mol. The average Bonchev–Trinajstić information content (AvgIpc) is 3.38. The number of hydrogen-bond acceptors (Lipinski definition) is 6. The number of thiophene rings is 1. The summed E-state index contributed by atoms with van der Waals surface area (Å²) in [6.07, 6.45) is 1.33. The Morgan fingerprint density at radius 2 is 1.87 bits per heavy atom. The van der Waals surface area contributed by atoms with Crippen LogP contribution in [0.1, 0.15) is 45.2 Å². The fourth-order valence-corrected chi connectivity index (χ4v) is 3.61. The molecule has 0 saturated carbocycles. The van der Waals surface area contributed by atoms with Crippen LogP contribution in [-0.2, 0) is 16.0 Å². The number of furan rings is 1. The van der Waals surface area contributed by atoms with Crippen LogP contribution in [0.25, 0.3) is 0 Å². The van der Waals surface area contributed by atoms with Gasteiger partial charge >= 0.3 is 5.97 Å². The number of hydrogen-bond donors (Lipinski definition) is 2. The van der Waals surface area contributed by atoms with Gasteiger partial charge in [-0.1, -0.05) is 19.1 Å². The van der Waals surface area contributed by atoms with E-state index >= 15 is 0 Å². The van der Waals surface area contributed by atoms with E-state index in [0.29, 0.717) is 21.1 Å². The van der Waals surface area contributed by atoms with Crippen molar-refractivity contribution in [2.45, 2.75) is 33.3 Å². The van der Waals surface area contributed by atoms with E-state index in [9.17, 15) is 14.4 Å². The molecule has 0 spiro atoms. The number of amides is 2. The maximum Gasteiger partial charge on any atom is 0.349 e. The number of aryl methyl sites for hydroxylation is 2. The molecule has 8 heteroatoms. The van der Waals surface area contributed by atoms with Crippen LogP contribution in [-0.4, -0.2) is 23.9 Å². The minimum atomic E-state index is -0.981. The molecule has 30 heavy (non-hydrogen) atoms. The van der Waals surface area contributed by atoms with Crippen molar-refractivity contribution < 1.29 is 23.5 Å². The van der Waals surface area contributed by atoms with Gasteiger partial charge in [-0.15, -0.1) is 11.3 Å². The van der Waals surface area contributed by atoms with Crippen molar-refractivity contribution in [1.29, 1.82) is 0 Å². The lowest BCUT2D eigenvalue weighted by atomic mass is 10.1. The molecular formula is C22H22N2O5S. The maximum absolute atomic E-state index is 12.5. The monoisotopic (exact) mass is 426 g/mol. The van der Waals surface area contributed by atoms with Gasteiger partial charge in [-0.3, -0.25) is 9.59 Å². The van der Waals surface area contributed by atoms with Crippen molar-refractivity contribution in [2.75, 3.05) is 10.6 Å². The van der Waals surface area contributed by atoms with Gasteiger partial charge in [0.2, 0.25) is 0 Å². The number of nitrogens with one attached hydrogen (secondary N) is 2. The molecule has 2 amide bonds. The third-order valence-electron chi connectivity index (χ3n) is 4.37. The van der Waals surface area contributed by atoms with Crippen molar-refractivity contribution in [2.24, 2.45) is 0 Å². The summed E-state index contributed by atoms with van der Waals surface area (Å²) in [4.78, 5) is 37.3. The Labute approximate surface area is 178 Å². The van der Waals surface area contributed by atoms with E-state index in [0.717, 1.165) is 23.3 Å². The van der Waals surface area contributed by atoms with Gasteiger partial charge < -0.3 is 19.8 Å². The van der Waals surface area contributed by atoms with E-state index in [-0.39, 0.29) is 5.76 Å². The predicted octanol–water partition coefficient (Wildman–Crippen LogP) is 4.65. The quantitative estimate of drug-likeness (QED) is 0.536. The molecule has 0 aliphatic rings. The van der Waals surface area contributed by atoms with Crippen molar-refractivity contribution in [1.82, 2.24) is 0 Å². The van der Waals surface area contributed by atoms with Crippen molar-refractivity contribution in [3.8, 4) is 0 Å². The van der Waals surface area contributed by atoms with Crippen LogP contribution in [0, 0.1) is 6.92 Å². The van der Waals surface area contributed by atoms with E-state index in [2.05, 4.69) is 17.6 Å². The first-order chi connectivity index (χ1) is 14.4. The Morgan fingerprint density at radius 1 is 1.13 bits per heavy atom. The van der Waals surface area contributed by atoms with Gasteiger partial charge in [0.15, 0.2) is 11.9 Å². The molecule has 156 valence electrons. The first-order valence-corrected chi connectivity index (χ1v) is 10.2. The number of esters is 1. The number of carbonyl (C=O) groups is 3. The highest BCUT2D eigenvalue weighted by Crippen LogP contribution is 2.28. The molecule has 2 heterocycles. The molecule has 2 aromatic heterocycles. The molecule has 0 aliphatic heterocycles. The first kappa shape index (κ1) is 21.3. The average molecular weight is 426 g/mol. The second-order valence-corrected chi connectivity index (χ2v) is 7.69. The lowest BCUT2D eigenvalue weighted by molar-refractivity contribution is -0.123. The summed E-state index contributed by atoms with van der Waals surface area (Å²) in [6, 6.07) is 12.3.